The zero-order chi connectivity index (χ0) is 31.5. The summed E-state index contributed by atoms with van der Waals surface area (Å²) < 4.78 is 30.9. The average Bonchev–Trinajstić information content (AvgIpc) is 2.99. The quantitative estimate of drug-likeness (QED) is 0.140. The van der Waals surface area contributed by atoms with Crippen LogP contribution in [-0.2, 0) is 15.6 Å². The van der Waals surface area contributed by atoms with Crippen LogP contribution in [-0.4, -0.2) is 78.1 Å². The average molecular weight is 661 g/mol. The van der Waals surface area contributed by atoms with E-state index in [1.807, 2.05) is 6.07 Å². The second kappa shape index (κ2) is 13.1. The molecule has 4 aromatic rings. The molecule has 0 atom stereocenters. The first kappa shape index (κ1) is 31.7. The maximum absolute atomic E-state index is 12.4. The van der Waals surface area contributed by atoms with Gasteiger partial charge in [-0.2, -0.15) is 9.97 Å². The second-order valence-electron chi connectivity index (χ2n) is 10.5. The van der Waals surface area contributed by atoms with Crippen LogP contribution in [0.3, 0.4) is 0 Å². The minimum Gasteiger partial charge on any atom is -0.465 e. The van der Waals surface area contributed by atoms with E-state index in [2.05, 4.69) is 20.0 Å². The molecule has 1 aliphatic heterocycles. The SMILES string of the molecule is CS(=O)(=O)NCCOc1nc(NC2CCN(C(=O)O)CC2)c2cc(C(O)(c3ccc(Cl)cc3)c3ccc(Cl)cc3)ccc2n1. The number of carbonyl (C=O) groups is 1. The minimum atomic E-state index is -3.39. The summed E-state index contributed by atoms with van der Waals surface area (Å²) in [6, 6.07) is 19.2. The van der Waals surface area contributed by atoms with Crippen molar-refractivity contribution in [3.63, 3.8) is 0 Å². The van der Waals surface area contributed by atoms with E-state index in [9.17, 15) is 23.4 Å². The maximum Gasteiger partial charge on any atom is 0.407 e. The molecule has 4 N–H and O–H groups in total. The Hall–Kier alpha value is -3.68. The van der Waals surface area contributed by atoms with E-state index in [0.717, 1.165) is 6.26 Å². The fourth-order valence-electron chi connectivity index (χ4n) is 5.17. The fraction of sp³-hybridized carbons (Fsp3) is 0.300. The Morgan fingerprint density at radius 1 is 0.977 bits per heavy atom. The third-order valence-electron chi connectivity index (χ3n) is 7.42. The molecule has 1 fully saturated rings. The van der Waals surface area contributed by atoms with E-state index >= 15 is 0 Å². The van der Waals surface area contributed by atoms with Crippen LogP contribution in [0.2, 0.25) is 10.0 Å². The molecule has 0 aliphatic carbocycles. The lowest BCUT2D eigenvalue weighted by Crippen LogP contribution is -2.41. The predicted molar refractivity (Wildman–Crippen MR) is 169 cm³/mol. The summed E-state index contributed by atoms with van der Waals surface area (Å²) in [5, 5.41) is 26.9. The Labute approximate surface area is 264 Å². The number of hydrogen-bond acceptors (Lipinski definition) is 8. The standard InChI is InChI=1S/C30H31Cl2N5O6S/c1-44(41,42)33-14-17-43-28-35-26-11-6-21(18-25(26)27(36-28)34-24-12-15-37(16-13-24)29(38)39)30(40,19-2-7-22(31)8-3-19)20-4-9-23(32)10-5-20/h2-11,18,24,33,40H,12-17H2,1H3,(H,38,39)(H,34,35,36). The van der Waals surface area contributed by atoms with Gasteiger partial charge in [0.2, 0.25) is 10.0 Å². The number of likely N-dealkylation sites (tertiary alicyclic amines) is 1. The molecule has 232 valence electrons. The van der Waals surface area contributed by atoms with Crippen molar-refractivity contribution in [1.82, 2.24) is 19.6 Å². The summed E-state index contributed by atoms with van der Waals surface area (Å²) in [6.07, 6.45) is 1.23. The first-order chi connectivity index (χ1) is 20.9. The number of amides is 1. The Balaban J connectivity index is 1.56. The Kier molecular flexibility index (Phi) is 9.47. The van der Waals surface area contributed by atoms with Crippen LogP contribution in [0, 0.1) is 0 Å². The number of rotatable bonds is 10. The van der Waals surface area contributed by atoms with Crippen molar-refractivity contribution in [2.24, 2.45) is 0 Å². The van der Waals surface area contributed by atoms with E-state index in [4.69, 9.17) is 27.9 Å². The number of sulfonamides is 1. The molecule has 1 aliphatic rings. The maximum atomic E-state index is 12.4. The third-order valence-corrected chi connectivity index (χ3v) is 8.65. The molecule has 0 bridgehead atoms. The number of aliphatic hydroxyl groups is 1. The van der Waals surface area contributed by atoms with E-state index in [1.165, 1.54) is 4.90 Å². The highest BCUT2D eigenvalue weighted by molar-refractivity contribution is 7.88. The molecule has 0 saturated carbocycles. The summed E-state index contributed by atoms with van der Waals surface area (Å²) in [4.78, 5) is 21.9. The molecule has 2 heterocycles. The predicted octanol–water partition coefficient (Wildman–Crippen LogP) is 4.70. The smallest absolute Gasteiger partial charge is 0.407 e. The molecule has 1 amide bonds. The number of nitrogens with zero attached hydrogens (tertiary/aromatic N) is 3. The summed E-state index contributed by atoms with van der Waals surface area (Å²) in [6.45, 7) is 0.772. The van der Waals surface area contributed by atoms with Gasteiger partial charge in [0.25, 0.3) is 0 Å². The van der Waals surface area contributed by atoms with E-state index in [1.54, 1.807) is 60.7 Å². The van der Waals surface area contributed by atoms with Gasteiger partial charge in [0, 0.05) is 41.1 Å². The molecule has 14 heteroatoms. The molecule has 3 aromatic carbocycles. The van der Waals surface area contributed by atoms with Gasteiger partial charge in [0.05, 0.1) is 11.8 Å². The number of ether oxygens (including phenoxy) is 1. The van der Waals surface area contributed by atoms with E-state index in [-0.39, 0.29) is 25.2 Å². The molecular formula is C30H31Cl2N5O6S. The Morgan fingerprint density at radius 2 is 1.55 bits per heavy atom. The lowest BCUT2D eigenvalue weighted by Gasteiger charge is -2.32. The zero-order valence-corrected chi connectivity index (χ0v) is 26.0. The molecule has 5 rings (SSSR count). The van der Waals surface area contributed by atoms with E-state index in [0.29, 0.717) is 69.4 Å². The van der Waals surface area contributed by atoms with Crippen molar-refractivity contribution in [1.29, 1.82) is 0 Å². The summed E-state index contributed by atoms with van der Waals surface area (Å²) in [5.41, 5.74) is 0.625. The van der Waals surface area contributed by atoms with Crippen molar-refractivity contribution in [2.45, 2.75) is 24.5 Å². The van der Waals surface area contributed by atoms with Gasteiger partial charge in [0.15, 0.2) is 0 Å². The van der Waals surface area contributed by atoms with Gasteiger partial charge in [-0.1, -0.05) is 53.5 Å². The minimum absolute atomic E-state index is 0.0000149. The Bertz CT molecular complexity index is 1700. The number of aromatic nitrogens is 2. The molecule has 44 heavy (non-hydrogen) atoms. The first-order valence-electron chi connectivity index (χ1n) is 13.8. The summed E-state index contributed by atoms with van der Waals surface area (Å²) >= 11 is 12.3. The van der Waals surface area contributed by atoms with Crippen molar-refractivity contribution in [3.05, 3.63) is 93.5 Å². The number of piperidine rings is 1. The van der Waals surface area contributed by atoms with Crippen molar-refractivity contribution < 1.29 is 28.2 Å². The van der Waals surface area contributed by atoms with Gasteiger partial charge >= 0.3 is 12.1 Å². The van der Waals surface area contributed by atoms with Crippen LogP contribution in [0.15, 0.2) is 66.7 Å². The van der Waals surface area contributed by atoms with Crippen LogP contribution in [0.25, 0.3) is 10.9 Å². The zero-order valence-electron chi connectivity index (χ0n) is 23.7. The molecular weight excluding hydrogens is 629 g/mol. The topological polar surface area (TPSA) is 154 Å². The first-order valence-corrected chi connectivity index (χ1v) is 16.5. The normalized spacial score (nSPS) is 14.5. The number of hydrogen-bond donors (Lipinski definition) is 4. The molecule has 1 aromatic heterocycles. The van der Waals surface area contributed by atoms with Gasteiger partial charge in [0.1, 0.15) is 18.0 Å². The number of anilines is 1. The van der Waals surface area contributed by atoms with E-state index < -0.39 is 21.7 Å². The Morgan fingerprint density at radius 3 is 2.09 bits per heavy atom. The van der Waals surface area contributed by atoms with Crippen LogP contribution in [0.4, 0.5) is 10.6 Å². The lowest BCUT2D eigenvalue weighted by atomic mass is 9.80. The lowest BCUT2D eigenvalue weighted by molar-refractivity contribution is 0.126. The van der Waals surface area contributed by atoms with Crippen molar-refractivity contribution in [2.75, 3.05) is 37.8 Å². The molecule has 11 nitrogen and oxygen atoms in total. The highest BCUT2D eigenvalue weighted by atomic mass is 35.5. The van der Waals surface area contributed by atoms with Crippen molar-refractivity contribution >= 4 is 56.0 Å². The van der Waals surface area contributed by atoms with Crippen LogP contribution in [0.1, 0.15) is 29.5 Å². The highest BCUT2D eigenvalue weighted by Gasteiger charge is 2.34. The molecule has 0 radical (unpaired) electrons. The van der Waals surface area contributed by atoms with Gasteiger partial charge in [-0.3, -0.25) is 0 Å². The highest BCUT2D eigenvalue weighted by Crippen LogP contribution is 2.39. The number of nitrogens with one attached hydrogen (secondary N) is 2. The number of halogens is 2. The molecule has 0 unspecified atom stereocenters. The van der Waals surface area contributed by atoms with Gasteiger partial charge in [-0.05, 0) is 65.9 Å². The largest absolute Gasteiger partial charge is 0.465 e. The fourth-order valence-corrected chi connectivity index (χ4v) is 5.87. The van der Waals surface area contributed by atoms with Crippen molar-refractivity contribution in [3.8, 4) is 6.01 Å². The monoisotopic (exact) mass is 659 g/mol. The summed E-state index contributed by atoms with van der Waals surface area (Å²) in [7, 11) is -3.39. The van der Waals surface area contributed by atoms with Gasteiger partial charge in [-0.25, -0.2) is 17.9 Å². The number of fused-ring (bicyclic) bond motifs is 1. The van der Waals surface area contributed by atoms with Crippen LogP contribution >= 0.6 is 23.2 Å². The third kappa shape index (κ3) is 7.33. The van der Waals surface area contributed by atoms with Crippen LogP contribution in [0.5, 0.6) is 6.01 Å². The number of carboxylic acid groups (broad SMARTS) is 1. The second-order valence-corrected chi connectivity index (χ2v) is 13.2. The number of benzene rings is 3. The molecule has 0 spiro atoms. The summed E-state index contributed by atoms with van der Waals surface area (Å²) in [5.74, 6) is 0.436. The van der Waals surface area contributed by atoms with Crippen LogP contribution < -0.4 is 14.8 Å². The van der Waals surface area contributed by atoms with Gasteiger partial charge < -0.3 is 25.2 Å². The molecule has 1 saturated heterocycles. The van der Waals surface area contributed by atoms with Gasteiger partial charge in [-0.15, -0.1) is 0 Å².